The lowest BCUT2D eigenvalue weighted by molar-refractivity contribution is -0.145. The number of ether oxygens (including phenoxy) is 3. The molecule has 0 aliphatic carbocycles. The van der Waals surface area contributed by atoms with Crippen molar-refractivity contribution in [2.45, 2.75) is 45.8 Å². The van der Waals surface area contributed by atoms with Crippen molar-refractivity contribution in [3.63, 3.8) is 0 Å². The number of alkyl carbamates (subject to hydrolysis) is 1. The lowest BCUT2D eigenvalue weighted by Crippen LogP contribution is -2.45. The Morgan fingerprint density at radius 3 is 2.27 bits per heavy atom. The standard InChI is InChI=1S/C26H29NO6/c1-5-6-16-31-21-14-12-19(13-15-21)17-22(27-25(30)33-26(2,3)4)24(29)32-18-23(28)20-10-8-7-9-11-20/h7-15,22H,16-18H2,1-4H3,(H,27,30)/t22-/m0/s1. The van der Waals surface area contributed by atoms with Crippen LogP contribution in [0.1, 0.15) is 43.6 Å². The largest absolute Gasteiger partial charge is 0.481 e. The van der Waals surface area contributed by atoms with Crippen LogP contribution in [0.25, 0.3) is 0 Å². The molecular formula is C26H29NO6. The Hall–Kier alpha value is -3.79. The van der Waals surface area contributed by atoms with Crippen molar-refractivity contribution in [3.8, 4) is 17.6 Å². The van der Waals surface area contributed by atoms with Crippen LogP contribution < -0.4 is 10.1 Å². The number of carbonyl (C=O) groups excluding carboxylic acids is 3. The average molecular weight is 452 g/mol. The molecule has 0 aromatic heterocycles. The van der Waals surface area contributed by atoms with Crippen LogP contribution >= 0.6 is 0 Å². The van der Waals surface area contributed by atoms with E-state index in [2.05, 4.69) is 17.2 Å². The molecule has 0 spiro atoms. The number of hydrogen-bond acceptors (Lipinski definition) is 6. The molecule has 2 rings (SSSR count). The molecule has 0 saturated heterocycles. The number of hydrogen-bond donors (Lipinski definition) is 1. The quantitative estimate of drug-likeness (QED) is 0.353. The molecule has 1 N–H and O–H groups in total. The number of amides is 1. The predicted molar refractivity (Wildman–Crippen MR) is 124 cm³/mol. The summed E-state index contributed by atoms with van der Waals surface area (Å²) < 4.78 is 16.0. The van der Waals surface area contributed by atoms with Crippen molar-refractivity contribution in [2.24, 2.45) is 0 Å². The molecule has 0 unspecified atom stereocenters. The third-order valence-electron chi connectivity index (χ3n) is 4.27. The topological polar surface area (TPSA) is 90.9 Å². The Kier molecular flexibility index (Phi) is 9.49. The molecule has 2 aromatic carbocycles. The summed E-state index contributed by atoms with van der Waals surface area (Å²) in [5.74, 6) is 5.13. The van der Waals surface area contributed by atoms with Gasteiger partial charge < -0.3 is 19.5 Å². The summed E-state index contributed by atoms with van der Waals surface area (Å²) in [5, 5.41) is 2.55. The second kappa shape index (κ2) is 12.3. The first kappa shape index (κ1) is 25.5. The monoisotopic (exact) mass is 451 g/mol. The molecule has 0 bridgehead atoms. The highest BCUT2D eigenvalue weighted by Crippen LogP contribution is 2.15. The lowest BCUT2D eigenvalue weighted by Gasteiger charge is -2.23. The van der Waals surface area contributed by atoms with Gasteiger partial charge in [-0.25, -0.2) is 9.59 Å². The van der Waals surface area contributed by atoms with Gasteiger partial charge in [-0.05, 0) is 45.4 Å². The molecule has 33 heavy (non-hydrogen) atoms. The number of benzene rings is 2. The van der Waals surface area contributed by atoms with Crippen molar-refractivity contribution in [3.05, 3.63) is 65.7 Å². The van der Waals surface area contributed by atoms with Gasteiger partial charge in [-0.3, -0.25) is 4.79 Å². The van der Waals surface area contributed by atoms with E-state index in [1.54, 1.807) is 82.3 Å². The van der Waals surface area contributed by atoms with E-state index in [1.165, 1.54) is 0 Å². The van der Waals surface area contributed by atoms with Gasteiger partial charge in [0.1, 0.15) is 24.0 Å². The summed E-state index contributed by atoms with van der Waals surface area (Å²) >= 11 is 0. The van der Waals surface area contributed by atoms with Crippen molar-refractivity contribution in [2.75, 3.05) is 13.2 Å². The molecule has 7 heteroatoms. The first-order valence-electron chi connectivity index (χ1n) is 10.5. The molecule has 1 amide bonds. The summed E-state index contributed by atoms with van der Waals surface area (Å²) in [6.45, 7) is 6.75. The highest BCUT2D eigenvalue weighted by molar-refractivity contribution is 5.98. The number of Topliss-reactive ketones (excluding diaryl/α,β-unsaturated/α-hetero) is 1. The fourth-order valence-electron chi connectivity index (χ4n) is 2.74. The Balaban J connectivity index is 2.06. The highest BCUT2D eigenvalue weighted by atomic mass is 16.6. The molecule has 0 aliphatic rings. The predicted octanol–water partition coefficient (Wildman–Crippen LogP) is 3.95. The van der Waals surface area contributed by atoms with Crippen LogP contribution in [-0.4, -0.2) is 42.7 Å². The van der Waals surface area contributed by atoms with Crippen molar-refractivity contribution in [1.29, 1.82) is 0 Å². The number of ketones is 1. The summed E-state index contributed by atoms with van der Waals surface area (Å²) in [4.78, 5) is 37.3. The molecule has 7 nitrogen and oxygen atoms in total. The van der Waals surface area contributed by atoms with Crippen molar-refractivity contribution in [1.82, 2.24) is 5.32 Å². The molecule has 174 valence electrons. The highest BCUT2D eigenvalue weighted by Gasteiger charge is 2.26. The van der Waals surface area contributed by atoms with Gasteiger partial charge in [0.25, 0.3) is 0 Å². The van der Waals surface area contributed by atoms with Crippen molar-refractivity contribution >= 4 is 17.8 Å². The van der Waals surface area contributed by atoms with E-state index in [4.69, 9.17) is 14.2 Å². The van der Waals surface area contributed by atoms with E-state index in [0.29, 0.717) is 11.3 Å². The van der Waals surface area contributed by atoms with E-state index >= 15 is 0 Å². The number of carbonyl (C=O) groups is 3. The second-order valence-electron chi connectivity index (χ2n) is 8.16. The first-order chi connectivity index (χ1) is 15.7. The van der Waals surface area contributed by atoms with E-state index in [1.807, 2.05) is 0 Å². The number of rotatable bonds is 9. The van der Waals surface area contributed by atoms with Gasteiger partial charge >= 0.3 is 12.1 Å². The molecule has 1 atom stereocenters. The van der Waals surface area contributed by atoms with Gasteiger partial charge in [-0.1, -0.05) is 48.4 Å². The van der Waals surface area contributed by atoms with Gasteiger partial charge in [0, 0.05) is 12.0 Å². The van der Waals surface area contributed by atoms with Crippen molar-refractivity contribution < 1.29 is 28.6 Å². The van der Waals surface area contributed by atoms with Crippen LogP contribution in [-0.2, 0) is 20.7 Å². The van der Waals surface area contributed by atoms with Gasteiger partial charge in [0.2, 0.25) is 0 Å². The van der Waals surface area contributed by atoms with E-state index in [0.717, 1.165) is 5.56 Å². The van der Waals surface area contributed by atoms with Gasteiger partial charge in [0.05, 0.1) is 0 Å². The maximum absolute atomic E-state index is 12.7. The minimum absolute atomic E-state index is 0.145. The third kappa shape index (κ3) is 9.48. The Labute approximate surface area is 194 Å². The summed E-state index contributed by atoms with van der Waals surface area (Å²) in [7, 11) is 0. The maximum Gasteiger partial charge on any atom is 0.408 e. The van der Waals surface area contributed by atoms with E-state index in [-0.39, 0.29) is 18.8 Å². The average Bonchev–Trinajstić information content (AvgIpc) is 2.77. The van der Waals surface area contributed by atoms with E-state index in [9.17, 15) is 14.4 Å². The zero-order valence-corrected chi connectivity index (χ0v) is 19.3. The van der Waals surface area contributed by atoms with Crippen LogP contribution in [0.15, 0.2) is 54.6 Å². The Bertz CT molecular complexity index is 997. The van der Waals surface area contributed by atoms with Gasteiger partial charge in [0.15, 0.2) is 12.4 Å². The molecule has 2 aromatic rings. The van der Waals surface area contributed by atoms with E-state index < -0.39 is 30.3 Å². The normalized spacial score (nSPS) is 11.4. The summed E-state index contributed by atoms with van der Waals surface area (Å²) in [6.07, 6.45) is -0.607. The minimum Gasteiger partial charge on any atom is -0.481 e. The van der Waals surface area contributed by atoms with Crippen LogP contribution in [0.2, 0.25) is 0 Å². The minimum atomic E-state index is -1.04. The van der Waals surface area contributed by atoms with Crippen LogP contribution in [0.3, 0.4) is 0 Å². The van der Waals surface area contributed by atoms with Crippen LogP contribution in [0, 0.1) is 11.8 Å². The molecule has 0 fully saturated rings. The van der Waals surface area contributed by atoms with Crippen LogP contribution in [0.5, 0.6) is 5.75 Å². The number of esters is 1. The first-order valence-corrected chi connectivity index (χ1v) is 10.5. The Morgan fingerprint density at radius 2 is 1.67 bits per heavy atom. The second-order valence-corrected chi connectivity index (χ2v) is 8.16. The molecule has 0 aliphatic heterocycles. The zero-order chi connectivity index (χ0) is 24.3. The maximum atomic E-state index is 12.7. The fourth-order valence-corrected chi connectivity index (χ4v) is 2.74. The summed E-state index contributed by atoms with van der Waals surface area (Å²) in [5.41, 5.74) is 0.462. The van der Waals surface area contributed by atoms with Gasteiger partial charge in [-0.2, -0.15) is 0 Å². The Morgan fingerprint density at radius 1 is 1.00 bits per heavy atom. The molecule has 0 heterocycles. The van der Waals surface area contributed by atoms with Crippen LogP contribution in [0.4, 0.5) is 4.79 Å². The number of nitrogens with one attached hydrogen (secondary N) is 1. The zero-order valence-electron chi connectivity index (χ0n) is 19.3. The smallest absolute Gasteiger partial charge is 0.408 e. The molecular weight excluding hydrogens is 422 g/mol. The molecule has 0 radical (unpaired) electrons. The molecule has 0 saturated carbocycles. The summed E-state index contributed by atoms with van der Waals surface area (Å²) in [6, 6.07) is 14.5. The third-order valence-corrected chi connectivity index (χ3v) is 4.27. The lowest BCUT2D eigenvalue weighted by atomic mass is 10.1. The van der Waals surface area contributed by atoms with Gasteiger partial charge in [-0.15, -0.1) is 5.92 Å². The fraction of sp³-hybridized carbons (Fsp3) is 0.346. The SMILES string of the molecule is CC#CCOc1ccc(C[C@H](NC(=O)OC(C)(C)C)C(=O)OCC(=O)c2ccccc2)cc1.